The van der Waals surface area contributed by atoms with Gasteiger partial charge in [0, 0.05) is 10.6 Å². The van der Waals surface area contributed by atoms with E-state index in [1.165, 1.54) is 0 Å². The van der Waals surface area contributed by atoms with Crippen LogP contribution < -0.4 is 0 Å². The Morgan fingerprint density at radius 1 is 1.35 bits per heavy atom. The van der Waals surface area contributed by atoms with Crippen molar-refractivity contribution < 1.29 is 13.7 Å². The molecule has 0 bridgehead atoms. The first kappa shape index (κ1) is 14.5. The minimum Gasteiger partial charge on any atom is -0.466 e. The molecule has 0 N–H and O–H groups in total. The second-order valence-corrected chi connectivity index (χ2v) is 5.57. The van der Waals surface area contributed by atoms with E-state index in [9.17, 15) is 9.00 Å². The average molecular weight is 295 g/mol. The number of hydrogen-bond donors (Lipinski definition) is 0. The summed E-state index contributed by atoms with van der Waals surface area (Å²) in [6, 6.07) is 4.77. The van der Waals surface area contributed by atoms with Gasteiger partial charge in [-0.15, -0.1) is 0 Å². The van der Waals surface area contributed by atoms with Crippen molar-refractivity contribution in [2.24, 2.45) is 0 Å². The van der Waals surface area contributed by atoms with Gasteiger partial charge in [-0.25, -0.2) is 0 Å². The Balaban J connectivity index is 2.58. The molecule has 0 aliphatic heterocycles. The molecule has 0 radical (unpaired) electrons. The van der Waals surface area contributed by atoms with Crippen LogP contribution in [-0.2, 0) is 20.3 Å². The highest BCUT2D eigenvalue weighted by Crippen LogP contribution is 2.24. The van der Waals surface area contributed by atoms with E-state index in [4.69, 9.17) is 27.9 Å². The predicted molar refractivity (Wildman–Crippen MR) is 69.0 cm³/mol. The van der Waals surface area contributed by atoms with E-state index in [2.05, 4.69) is 0 Å². The molecule has 0 spiro atoms. The van der Waals surface area contributed by atoms with Gasteiger partial charge < -0.3 is 4.74 Å². The summed E-state index contributed by atoms with van der Waals surface area (Å²) in [4.78, 5) is 11.7. The number of carbonyl (C=O) groups is 1. The molecule has 1 rings (SSSR count). The summed E-state index contributed by atoms with van der Waals surface area (Å²) >= 11 is 11.6. The summed E-state index contributed by atoms with van der Waals surface area (Å²) in [5.74, 6) is -0.127. The van der Waals surface area contributed by atoms with Crippen LogP contribution in [0.25, 0.3) is 0 Å². The van der Waals surface area contributed by atoms with E-state index in [0.717, 1.165) is 0 Å². The zero-order valence-electron chi connectivity index (χ0n) is 9.24. The highest BCUT2D eigenvalue weighted by Gasteiger charge is 2.09. The van der Waals surface area contributed by atoms with Gasteiger partial charge >= 0.3 is 5.97 Å². The second kappa shape index (κ2) is 6.99. The largest absolute Gasteiger partial charge is 0.466 e. The van der Waals surface area contributed by atoms with Gasteiger partial charge in [0.25, 0.3) is 0 Å². The molecule has 94 valence electrons. The van der Waals surface area contributed by atoms with E-state index in [1.54, 1.807) is 25.1 Å². The van der Waals surface area contributed by atoms with E-state index < -0.39 is 10.8 Å². The molecule has 1 atom stereocenters. The number of hydrogen-bond acceptors (Lipinski definition) is 3. The van der Waals surface area contributed by atoms with Crippen LogP contribution in [0, 0.1) is 0 Å². The van der Waals surface area contributed by atoms with E-state index in [0.29, 0.717) is 21.5 Å². The normalized spacial score (nSPS) is 12.2. The molecule has 0 amide bonds. The fourth-order valence-corrected chi connectivity index (χ4v) is 2.57. The third-order valence-corrected chi connectivity index (χ3v) is 4.04. The van der Waals surface area contributed by atoms with Crippen LogP contribution in [0.15, 0.2) is 23.1 Å². The van der Waals surface area contributed by atoms with Crippen molar-refractivity contribution >= 4 is 40.0 Å². The molecule has 0 aliphatic carbocycles. The number of carbonyl (C=O) groups excluding carboxylic acids is 1. The van der Waals surface area contributed by atoms with Crippen LogP contribution in [0.5, 0.6) is 0 Å². The molecule has 1 aromatic carbocycles. The molecule has 3 nitrogen and oxygen atoms in total. The Morgan fingerprint density at radius 3 is 2.65 bits per heavy atom. The topological polar surface area (TPSA) is 43.4 Å². The van der Waals surface area contributed by atoms with Gasteiger partial charge in [-0.1, -0.05) is 23.2 Å². The number of rotatable bonds is 5. The SMILES string of the molecule is CCOC(=O)CCS(=O)c1ccc(Cl)c(Cl)c1. The third kappa shape index (κ3) is 4.66. The highest BCUT2D eigenvalue weighted by atomic mass is 35.5. The number of ether oxygens (including phenoxy) is 1. The molecule has 6 heteroatoms. The lowest BCUT2D eigenvalue weighted by molar-refractivity contribution is -0.142. The molecule has 0 saturated carbocycles. The monoisotopic (exact) mass is 294 g/mol. The summed E-state index contributed by atoms with van der Waals surface area (Å²) in [5, 5.41) is 0.770. The molecule has 0 aromatic heterocycles. The van der Waals surface area contributed by atoms with Gasteiger partial charge in [0.15, 0.2) is 0 Å². The summed E-state index contributed by atoms with van der Waals surface area (Å²) in [6.45, 7) is 2.06. The Kier molecular flexibility index (Phi) is 5.95. The average Bonchev–Trinajstić information content (AvgIpc) is 2.30. The highest BCUT2D eigenvalue weighted by molar-refractivity contribution is 7.85. The van der Waals surface area contributed by atoms with Crippen LogP contribution in [-0.4, -0.2) is 22.5 Å². The van der Waals surface area contributed by atoms with Gasteiger partial charge in [-0.2, -0.15) is 0 Å². The van der Waals surface area contributed by atoms with Crippen LogP contribution in [0.1, 0.15) is 13.3 Å². The Labute approximate surface area is 113 Å². The van der Waals surface area contributed by atoms with Crippen molar-refractivity contribution in [3.8, 4) is 0 Å². The molecular weight excluding hydrogens is 283 g/mol. The van der Waals surface area contributed by atoms with Crippen molar-refractivity contribution in [2.45, 2.75) is 18.2 Å². The molecule has 17 heavy (non-hydrogen) atoms. The zero-order valence-corrected chi connectivity index (χ0v) is 11.6. The Hall–Kier alpha value is -0.580. The van der Waals surface area contributed by atoms with Crippen LogP contribution in [0.4, 0.5) is 0 Å². The maximum Gasteiger partial charge on any atom is 0.306 e. The van der Waals surface area contributed by atoms with Gasteiger partial charge in [0.2, 0.25) is 0 Å². The van der Waals surface area contributed by atoms with Gasteiger partial charge in [-0.05, 0) is 25.1 Å². The summed E-state index contributed by atoms with van der Waals surface area (Å²) in [5.41, 5.74) is 0. The minimum absolute atomic E-state index is 0.126. The second-order valence-electron chi connectivity index (χ2n) is 3.18. The standard InChI is InChI=1S/C11H12Cl2O3S/c1-2-16-11(14)5-6-17(15)8-3-4-9(12)10(13)7-8/h3-4,7H,2,5-6H2,1H3. The maximum atomic E-state index is 11.8. The van der Waals surface area contributed by atoms with Crippen molar-refractivity contribution in [1.29, 1.82) is 0 Å². The Bertz CT molecular complexity index is 435. The number of esters is 1. The predicted octanol–water partition coefficient (Wildman–Crippen LogP) is 3.05. The quantitative estimate of drug-likeness (QED) is 0.784. The smallest absolute Gasteiger partial charge is 0.306 e. The first-order chi connectivity index (χ1) is 8.04. The molecule has 1 unspecified atom stereocenters. The lowest BCUT2D eigenvalue weighted by Crippen LogP contribution is -2.09. The van der Waals surface area contributed by atoms with Crippen molar-refractivity contribution in [3.05, 3.63) is 28.2 Å². The zero-order chi connectivity index (χ0) is 12.8. The van der Waals surface area contributed by atoms with E-state index in [1.807, 2.05) is 0 Å². The van der Waals surface area contributed by atoms with E-state index >= 15 is 0 Å². The van der Waals surface area contributed by atoms with Crippen LogP contribution in [0.2, 0.25) is 10.0 Å². The molecule has 1 aromatic rings. The van der Waals surface area contributed by atoms with Crippen LogP contribution >= 0.6 is 23.2 Å². The first-order valence-electron chi connectivity index (χ1n) is 5.03. The van der Waals surface area contributed by atoms with Gasteiger partial charge in [0.1, 0.15) is 0 Å². The van der Waals surface area contributed by atoms with Gasteiger partial charge in [0.05, 0.1) is 33.9 Å². The summed E-state index contributed by atoms with van der Waals surface area (Å²) in [6.07, 6.45) is 0.126. The molecule has 0 saturated heterocycles. The maximum absolute atomic E-state index is 11.8. The fourth-order valence-electron chi connectivity index (χ4n) is 1.15. The summed E-state index contributed by atoms with van der Waals surface area (Å²) in [7, 11) is -1.27. The van der Waals surface area contributed by atoms with Gasteiger partial charge in [-0.3, -0.25) is 9.00 Å². The summed E-state index contributed by atoms with van der Waals surface area (Å²) < 4.78 is 16.6. The van der Waals surface area contributed by atoms with Crippen molar-refractivity contribution in [3.63, 3.8) is 0 Å². The minimum atomic E-state index is -1.27. The fraction of sp³-hybridized carbons (Fsp3) is 0.364. The van der Waals surface area contributed by atoms with Crippen LogP contribution in [0.3, 0.4) is 0 Å². The first-order valence-corrected chi connectivity index (χ1v) is 7.11. The lowest BCUT2D eigenvalue weighted by Gasteiger charge is -2.04. The van der Waals surface area contributed by atoms with E-state index in [-0.39, 0.29) is 18.1 Å². The number of halogens is 2. The van der Waals surface area contributed by atoms with Crippen molar-refractivity contribution in [1.82, 2.24) is 0 Å². The Morgan fingerprint density at radius 2 is 2.06 bits per heavy atom. The molecular formula is C11H12Cl2O3S. The molecule has 0 fully saturated rings. The molecule has 0 heterocycles. The van der Waals surface area contributed by atoms with Crippen molar-refractivity contribution in [2.75, 3.05) is 12.4 Å². The lowest BCUT2D eigenvalue weighted by atomic mass is 10.4. The molecule has 0 aliphatic rings. The number of benzene rings is 1. The third-order valence-electron chi connectivity index (χ3n) is 1.95.